The van der Waals surface area contributed by atoms with Crippen LogP contribution in [0, 0.1) is 0 Å². The molecule has 0 aliphatic heterocycles. The predicted molar refractivity (Wildman–Crippen MR) is 233 cm³/mol. The lowest BCUT2D eigenvalue weighted by molar-refractivity contribution is -0.147. The number of carbonyl (C=O) groups is 3. The van der Waals surface area contributed by atoms with E-state index in [4.69, 9.17) is 26.1 Å². The summed E-state index contributed by atoms with van der Waals surface area (Å²) in [6.45, 7) is 7.47. The van der Waals surface area contributed by atoms with Crippen LogP contribution in [0.4, 0.5) is 0 Å². The van der Waals surface area contributed by atoms with E-state index in [-0.39, 0.29) is 17.8 Å². The number of hydrazine groups is 1. The molecule has 13 nitrogen and oxygen atoms in total. The molecule has 0 bridgehead atoms. The SMILES string of the molecule is CCCCC(OC(C)=O)c1ccccc1C(=O)NCCCCCCCCNC(=O)c1cccc2c1nc(OCC)n2Cc1ccc(-c2ccccc2/C(=N/N)NN)cc1. The van der Waals surface area contributed by atoms with Gasteiger partial charge in [0.2, 0.25) is 0 Å². The zero-order valence-electron chi connectivity index (χ0n) is 34.5. The fourth-order valence-corrected chi connectivity index (χ4v) is 7.20. The van der Waals surface area contributed by atoms with Crippen molar-refractivity contribution in [2.24, 2.45) is 16.8 Å². The first-order valence-electron chi connectivity index (χ1n) is 20.7. The van der Waals surface area contributed by atoms with Crippen LogP contribution in [0.3, 0.4) is 0 Å². The molecular weight excluding hydrogens is 745 g/mol. The van der Waals surface area contributed by atoms with Crippen molar-refractivity contribution in [1.82, 2.24) is 25.6 Å². The van der Waals surface area contributed by atoms with E-state index in [1.54, 1.807) is 12.1 Å². The van der Waals surface area contributed by atoms with Crippen LogP contribution in [0.1, 0.15) is 122 Å². The van der Waals surface area contributed by atoms with Gasteiger partial charge in [-0.3, -0.25) is 19.0 Å². The predicted octanol–water partition coefficient (Wildman–Crippen LogP) is 7.53. The molecule has 0 aliphatic carbocycles. The number of nitrogens with one attached hydrogen (secondary N) is 3. The molecule has 312 valence electrons. The normalized spacial score (nSPS) is 11.9. The Labute approximate surface area is 346 Å². The van der Waals surface area contributed by atoms with E-state index in [1.165, 1.54) is 6.92 Å². The molecule has 0 saturated carbocycles. The van der Waals surface area contributed by atoms with Crippen LogP contribution in [0.25, 0.3) is 22.2 Å². The number of hydrogen-bond acceptors (Lipinski definition) is 9. The van der Waals surface area contributed by atoms with Gasteiger partial charge in [-0.1, -0.05) is 112 Å². The number of fused-ring (bicyclic) bond motifs is 1. The Bertz CT molecular complexity index is 2180. The smallest absolute Gasteiger partial charge is 0.303 e. The summed E-state index contributed by atoms with van der Waals surface area (Å²) < 4.78 is 13.5. The van der Waals surface area contributed by atoms with Gasteiger partial charge in [-0.25, -0.2) is 5.84 Å². The number of ether oxygens (including phenoxy) is 2. The molecule has 0 radical (unpaired) electrons. The number of rotatable bonds is 22. The van der Waals surface area contributed by atoms with Crippen molar-refractivity contribution < 1.29 is 23.9 Å². The molecule has 5 aromatic rings. The molecule has 0 spiro atoms. The van der Waals surface area contributed by atoms with Crippen LogP contribution < -0.4 is 32.5 Å². The lowest BCUT2D eigenvalue weighted by atomic mass is 9.97. The number of imidazole rings is 1. The van der Waals surface area contributed by atoms with E-state index in [0.29, 0.717) is 61.2 Å². The first kappa shape index (κ1) is 43.9. The second-order valence-electron chi connectivity index (χ2n) is 14.4. The number of amidine groups is 1. The van der Waals surface area contributed by atoms with Crippen LogP contribution in [-0.4, -0.2) is 52.9 Å². The van der Waals surface area contributed by atoms with Gasteiger partial charge < -0.3 is 31.4 Å². The molecule has 13 heteroatoms. The summed E-state index contributed by atoms with van der Waals surface area (Å²) in [6, 6.07) is 29.4. The van der Waals surface area contributed by atoms with E-state index >= 15 is 0 Å². The molecule has 1 atom stereocenters. The maximum absolute atomic E-state index is 13.4. The molecule has 1 unspecified atom stereocenters. The Morgan fingerprint density at radius 2 is 1.39 bits per heavy atom. The van der Waals surface area contributed by atoms with Crippen molar-refractivity contribution in [3.63, 3.8) is 0 Å². The number of hydrazone groups is 1. The highest BCUT2D eigenvalue weighted by Crippen LogP contribution is 2.29. The van der Waals surface area contributed by atoms with Crippen LogP contribution >= 0.6 is 0 Å². The molecule has 2 amide bonds. The lowest BCUT2D eigenvalue weighted by Crippen LogP contribution is -2.32. The van der Waals surface area contributed by atoms with Gasteiger partial charge >= 0.3 is 5.97 Å². The molecule has 1 heterocycles. The summed E-state index contributed by atoms with van der Waals surface area (Å²) in [6.07, 6.45) is 7.89. The van der Waals surface area contributed by atoms with E-state index < -0.39 is 6.10 Å². The number of aromatic nitrogens is 2. The van der Waals surface area contributed by atoms with Crippen molar-refractivity contribution in [3.05, 3.63) is 119 Å². The lowest BCUT2D eigenvalue weighted by Gasteiger charge is -2.20. The van der Waals surface area contributed by atoms with Crippen molar-refractivity contribution in [3.8, 4) is 17.1 Å². The minimum absolute atomic E-state index is 0.148. The van der Waals surface area contributed by atoms with Crippen molar-refractivity contribution >= 4 is 34.7 Å². The van der Waals surface area contributed by atoms with E-state index in [0.717, 1.165) is 84.7 Å². The van der Waals surface area contributed by atoms with E-state index in [2.05, 4.69) is 40.2 Å². The Balaban J connectivity index is 1.08. The summed E-state index contributed by atoms with van der Waals surface area (Å²) in [5, 5.41) is 9.91. The maximum Gasteiger partial charge on any atom is 0.303 e. The Hall–Kier alpha value is -6.21. The zero-order valence-corrected chi connectivity index (χ0v) is 34.5. The summed E-state index contributed by atoms with van der Waals surface area (Å²) in [5.41, 5.74) is 9.52. The second kappa shape index (κ2) is 22.7. The average Bonchev–Trinajstić information content (AvgIpc) is 3.60. The number of carbonyl (C=O) groups excluding carboxylic acids is 3. The maximum atomic E-state index is 13.4. The Kier molecular flexibility index (Phi) is 16.9. The third-order valence-corrected chi connectivity index (χ3v) is 10.2. The Morgan fingerprint density at radius 3 is 2.03 bits per heavy atom. The number of amides is 2. The highest BCUT2D eigenvalue weighted by atomic mass is 16.5. The second-order valence-corrected chi connectivity index (χ2v) is 14.4. The van der Waals surface area contributed by atoms with E-state index in [9.17, 15) is 14.4 Å². The van der Waals surface area contributed by atoms with Gasteiger partial charge in [0.15, 0.2) is 5.84 Å². The highest BCUT2D eigenvalue weighted by Gasteiger charge is 2.22. The average molecular weight is 803 g/mol. The topological polar surface area (TPSA) is 188 Å². The van der Waals surface area contributed by atoms with Gasteiger partial charge in [0, 0.05) is 36.7 Å². The van der Waals surface area contributed by atoms with Crippen LogP contribution in [0.5, 0.6) is 6.01 Å². The number of nitrogens with zero attached hydrogens (tertiary/aromatic N) is 3. The highest BCUT2D eigenvalue weighted by molar-refractivity contribution is 6.05. The number of para-hydroxylation sites is 1. The van der Waals surface area contributed by atoms with Crippen LogP contribution in [-0.2, 0) is 16.1 Å². The number of nitrogens with two attached hydrogens (primary N) is 2. The molecule has 0 aliphatic rings. The standard InChI is InChI=1S/C46H58N8O5/c1-4-6-24-41(59-32(3)55)36-19-12-14-21-38(36)44(56)49-29-15-9-7-8-10-16-30-50-45(57)39-22-17-23-40-42(39)51-46(58-5-2)54(40)31-33-25-27-34(28-26-33)35-18-11-13-20-37(35)43(52-47)53-48/h11-14,17-23,25-28,41H,4-10,15-16,24,29-31,47-48H2,1-3H3,(H,49,56)(H,50,57)(H,52,53). The third-order valence-electron chi connectivity index (χ3n) is 10.2. The minimum Gasteiger partial charge on any atom is -0.465 e. The van der Waals surface area contributed by atoms with E-state index in [1.807, 2.05) is 78.2 Å². The fraction of sp³-hybridized carbons (Fsp3) is 0.370. The minimum atomic E-state index is -0.431. The quantitative estimate of drug-likeness (QED) is 0.0118. The molecule has 4 aromatic carbocycles. The number of unbranched alkanes of at least 4 members (excludes halogenated alkanes) is 6. The summed E-state index contributed by atoms with van der Waals surface area (Å²) in [7, 11) is 0. The van der Waals surface area contributed by atoms with Gasteiger partial charge in [-0.05, 0) is 67.5 Å². The van der Waals surface area contributed by atoms with Crippen molar-refractivity contribution in [2.45, 2.75) is 91.2 Å². The largest absolute Gasteiger partial charge is 0.465 e. The summed E-state index contributed by atoms with van der Waals surface area (Å²) in [4.78, 5) is 43.0. The van der Waals surface area contributed by atoms with Crippen LogP contribution in [0.15, 0.2) is 96.1 Å². The first-order chi connectivity index (χ1) is 28.8. The molecule has 7 N–H and O–H groups in total. The molecule has 0 fully saturated rings. The van der Waals surface area contributed by atoms with Gasteiger partial charge in [0.25, 0.3) is 17.8 Å². The first-order valence-corrected chi connectivity index (χ1v) is 20.7. The number of benzene rings is 4. The number of hydrogen-bond donors (Lipinski definition) is 5. The van der Waals surface area contributed by atoms with Gasteiger partial charge in [0.05, 0.1) is 24.2 Å². The molecular formula is C46H58N8O5. The Morgan fingerprint density at radius 1 is 0.763 bits per heavy atom. The summed E-state index contributed by atoms with van der Waals surface area (Å²) >= 11 is 0. The molecule has 1 aromatic heterocycles. The van der Waals surface area contributed by atoms with Gasteiger partial charge in [0.1, 0.15) is 11.6 Å². The van der Waals surface area contributed by atoms with Crippen molar-refractivity contribution in [2.75, 3.05) is 19.7 Å². The van der Waals surface area contributed by atoms with Gasteiger partial charge in [-0.15, -0.1) is 0 Å². The monoisotopic (exact) mass is 802 g/mol. The van der Waals surface area contributed by atoms with Crippen LogP contribution in [0.2, 0.25) is 0 Å². The summed E-state index contributed by atoms with van der Waals surface area (Å²) in [5.74, 6) is 10.9. The number of esters is 1. The fourth-order valence-electron chi connectivity index (χ4n) is 7.20. The third kappa shape index (κ3) is 11.9. The molecule has 5 rings (SSSR count). The van der Waals surface area contributed by atoms with Gasteiger partial charge in [-0.2, -0.15) is 10.1 Å². The molecule has 0 saturated heterocycles. The zero-order chi connectivity index (χ0) is 42.0. The van der Waals surface area contributed by atoms with Crippen molar-refractivity contribution in [1.29, 1.82) is 0 Å². The molecule has 59 heavy (non-hydrogen) atoms.